The molecule has 2 aliphatic rings. The first-order valence-corrected chi connectivity index (χ1v) is 6.43. The lowest BCUT2D eigenvalue weighted by atomic mass is 9.86. The van der Waals surface area contributed by atoms with Crippen molar-refractivity contribution in [2.45, 2.75) is 37.5 Å². The van der Waals surface area contributed by atoms with Crippen LogP contribution in [0.25, 0.3) is 0 Å². The first kappa shape index (κ1) is 11.9. The molecule has 0 aliphatic carbocycles. The van der Waals surface area contributed by atoms with Crippen LogP contribution in [0.5, 0.6) is 5.75 Å². The van der Waals surface area contributed by atoms with E-state index in [0.717, 1.165) is 24.9 Å². The molecule has 2 N–H and O–H groups in total. The number of benzene rings is 1. The van der Waals surface area contributed by atoms with Gasteiger partial charge in [0.2, 0.25) is 0 Å². The number of halogens is 1. The highest BCUT2D eigenvalue weighted by Crippen LogP contribution is 2.44. The van der Waals surface area contributed by atoms with Gasteiger partial charge in [0.15, 0.2) is 0 Å². The number of nitrogens with zero attached hydrogens (tertiary/aromatic N) is 1. The Balaban J connectivity index is 1.96. The molecule has 3 atom stereocenters. The molecule has 2 aliphatic heterocycles. The molecule has 0 saturated carbocycles. The van der Waals surface area contributed by atoms with Crippen molar-refractivity contribution in [2.75, 3.05) is 13.6 Å². The van der Waals surface area contributed by atoms with Gasteiger partial charge < -0.3 is 10.5 Å². The SMILES string of the molecule is CC1CC2(C[C@@H](N)c3ccc(F)cc3O2)CN1C. The fourth-order valence-electron chi connectivity index (χ4n) is 3.28. The molecular formula is C14H19FN2O. The van der Waals surface area contributed by atoms with E-state index in [9.17, 15) is 4.39 Å². The maximum absolute atomic E-state index is 13.3. The summed E-state index contributed by atoms with van der Waals surface area (Å²) in [5.74, 6) is 0.355. The van der Waals surface area contributed by atoms with Crippen LogP contribution >= 0.6 is 0 Å². The molecule has 0 radical (unpaired) electrons. The van der Waals surface area contributed by atoms with Crippen molar-refractivity contribution in [3.05, 3.63) is 29.6 Å². The Morgan fingerprint density at radius 2 is 2.22 bits per heavy atom. The second-order valence-corrected chi connectivity index (χ2v) is 5.75. The maximum atomic E-state index is 13.3. The van der Waals surface area contributed by atoms with Gasteiger partial charge in [-0.15, -0.1) is 0 Å². The van der Waals surface area contributed by atoms with E-state index >= 15 is 0 Å². The lowest BCUT2D eigenvalue weighted by molar-refractivity contribution is 0.0459. The van der Waals surface area contributed by atoms with Crippen LogP contribution in [0, 0.1) is 5.82 Å². The third-order valence-corrected chi connectivity index (χ3v) is 4.25. The number of nitrogens with two attached hydrogens (primary N) is 1. The highest BCUT2D eigenvalue weighted by Gasteiger charge is 2.46. The molecule has 0 bridgehead atoms. The van der Waals surface area contributed by atoms with Crippen LogP contribution in [0.1, 0.15) is 31.4 Å². The quantitative estimate of drug-likeness (QED) is 0.766. The van der Waals surface area contributed by atoms with E-state index in [0.29, 0.717) is 11.8 Å². The first-order valence-electron chi connectivity index (χ1n) is 6.43. The van der Waals surface area contributed by atoms with Crippen molar-refractivity contribution in [1.82, 2.24) is 4.90 Å². The summed E-state index contributed by atoms with van der Waals surface area (Å²) < 4.78 is 19.4. The largest absolute Gasteiger partial charge is 0.485 e. The number of likely N-dealkylation sites (tertiary alicyclic amines) is 1. The summed E-state index contributed by atoms with van der Waals surface area (Å²) in [6.45, 7) is 3.04. The normalized spacial score (nSPS) is 35.6. The number of hydrogen-bond acceptors (Lipinski definition) is 3. The van der Waals surface area contributed by atoms with Crippen molar-refractivity contribution >= 4 is 0 Å². The smallest absolute Gasteiger partial charge is 0.127 e. The van der Waals surface area contributed by atoms with E-state index in [4.69, 9.17) is 10.5 Å². The molecule has 1 spiro atoms. The molecule has 2 unspecified atom stereocenters. The Morgan fingerprint density at radius 1 is 1.44 bits per heavy atom. The number of likely N-dealkylation sites (N-methyl/N-ethyl adjacent to an activating group) is 1. The monoisotopic (exact) mass is 250 g/mol. The molecule has 0 amide bonds. The maximum Gasteiger partial charge on any atom is 0.127 e. The van der Waals surface area contributed by atoms with Crippen LogP contribution in [0.15, 0.2) is 18.2 Å². The Bertz CT molecular complexity index is 467. The molecule has 4 heteroatoms. The third-order valence-electron chi connectivity index (χ3n) is 4.25. The van der Waals surface area contributed by atoms with Crippen LogP contribution < -0.4 is 10.5 Å². The second kappa shape index (κ2) is 3.93. The molecule has 3 nitrogen and oxygen atoms in total. The molecule has 98 valence electrons. The minimum Gasteiger partial charge on any atom is -0.485 e. The van der Waals surface area contributed by atoms with Gasteiger partial charge in [0.1, 0.15) is 17.2 Å². The zero-order valence-corrected chi connectivity index (χ0v) is 10.8. The Kier molecular flexibility index (Phi) is 2.61. The van der Waals surface area contributed by atoms with Crippen molar-refractivity contribution in [2.24, 2.45) is 5.73 Å². The number of fused-ring (bicyclic) bond motifs is 1. The number of hydrogen-bond donors (Lipinski definition) is 1. The van der Waals surface area contributed by atoms with Gasteiger partial charge in [-0.3, -0.25) is 4.90 Å². The Morgan fingerprint density at radius 3 is 2.89 bits per heavy atom. The molecule has 1 aromatic rings. The van der Waals surface area contributed by atoms with Crippen LogP contribution in [-0.2, 0) is 0 Å². The van der Waals surface area contributed by atoms with E-state index in [1.54, 1.807) is 6.07 Å². The number of rotatable bonds is 0. The summed E-state index contributed by atoms with van der Waals surface area (Å²) in [6.07, 6.45) is 1.76. The zero-order valence-electron chi connectivity index (χ0n) is 10.8. The highest BCUT2D eigenvalue weighted by atomic mass is 19.1. The molecular weight excluding hydrogens is 231 g/mol. The van der Waals surface area contributed by atoms with Gasteiger partial charge in [-0.05, 0) is 20.0 Å². The number of ether oxygens (including phenoxy) is 1. The predicted octanol–water partition coefficient (Wildman–Crippen LogP) is 2.07. The van der Waals surface area contributed by atoms with Gasteiger partial charge in [-0.25, -0.2) is 4.39 Å². The molecule has 2 heterocycles. The van der Waals surface area contributed by atoms with E-state index in [-0.39, 0.29) is 17.5 Å². The van der Waals surface area contributed by atoms with Gasteiger partial charge in [0, 0.05) is 43.1 Å². The molecule has 18 heavy (non-hydrogen) atoms. The highest BCUT2D eigenvalue weighted by molar-refractivity contribution is 5.39. The van der Waals surface area contributed by atoms with Crippen LogP contribution in [0.3, 0.4) is 0 Å². The van der Waals surface area contributed by atoms with E-state index < -0.39 is 0 Å². The topological polar surface area (TPSA) is 38.5 Å². The van der Waals surface area contributed by atoms with Gasteiger partial charge in [0.25, 0.3) is 0 Å². The van der Waals surface area contributed by atoms with Gasteiger partial charge in [0.05, 0.1) is 0 Å². The van der Waals surface area contributed by atoms with E-state index in [1.807, 2.05) is 0 Å². The van der Waals surface area contributed by atoms with Crippen molar-refractivity contribution in [3.8, 4) is 5.75 Å². The average molecular weight is 250 g/mol. The molecule has 3 rings (SSSR count). The summed E-state index contributed by atoms with van der Waals surface area (Å²) in [7, 11) is 2.09. The predicted molar refractivity (Wildman–Crippen MR) is 68.0 cm³/mol. The lowest BCUT2D eigenvalue weighted by Gasteiger charge is -2.38. The van der Waals surface area contributed by atoms with E-state index in [2.05, 4.69) is 18.9 Å². The van der Waals surface area contributed by atoms with Crippen molar-refractivity contribution < 1.29 is 9.13 Å². The fraction of sp³-hybridized carbons (Fsp3) is 0.571. The van der Waals surface area contributed by atoms with Crippen molar-refractivity contribution in [3.63, 3.8) is 0 Å². The molecule has 1 aromatic carbocycles. The Labute approximate surface area is 107 Å². The molecule has 1 fully saturated rings. The zero-order chi connectivity index (χ0) is 12.9. The van der Waals surface area contributed by atoms with Gasteiger partial charge >= 0.3 is 0 Å². The van der Waals surface area contributed by atoms with Crippen LogP contribution in [-0.4, -0.2) is 30.1 Å². The summed E-state index contributed by atoms with van der Waals surface area (Å²) in [6, 6.07) is 5.06. The lowest BCUT2D eigenvalue weighted by Crippen LogP contribution is -2.44. The second-order valence-electron chi connectivity index (χ2n) is 5.75. The van der Waals surface area contributed by atoms with Gasteiger partial charge in [-0.2, -0.15) is 0 Å². The minimum atomic E-state index is -0.266. The van der Waals surface area contributed by atoms with Crippen LogP contribution in [0.4, 0.5) is 4.39 Å². The fourth-order valence-corrected chi connectivity index (χ4v) is 3.28. The van der Waals surface area contributed by atoms with Crippen LogP contribution in [0.2, 0.25) is 0 Å². The molecule has 1 saturated heterocycles. The summed E-state index contributed by atoms with van der Waals surface area (Å²) in [5, 5.41) is 0. The summed E-state index contributed by atoms with van der Waals surface area (Å²) in [5.41, 5.74) is 6.90. The minimum absolute atomic E-state index is 0.0620. The van der Waals surface area contributed by atoms with Gasteiger partial charge in [-0.1, -0.05) is 6.07 Å². The Hall–Kier alpha value is -1.13. The van der Waals surface area contributed by atoms with E-state index in [1.165, 1.54) is 12.1 Å². The first-order chi connectivity index (χ1) is 8.49. The van der Waals surface area contributed by atoms with Crippen molar-refractivity contribution in [1.29, 1.82) is 0 Å². The average Bonchev–Trinajstić information content (AvgIpc) is 2.52. The summed E-state index contributed by atoms with van der Waals surface area (Å²) >= 11 is 0. The third kappa shape index (κ3) is 1.80. The summed E-state index contributed by atoms with van der Waals surface area (Å²) in [4.78, 5) is 2.27. The standard InChI is InChI=1S/C14H19FN2O/c1-9-6-14(8-17(9)2)7-12(16)11-4-3-10(15)5-13(11)18-14/h3-5,9,12H,6-8,16H2,1-2H3/t9?,12-,14?/m1/s1. The molecule has 0 aromatic heterocycles.